The Balaban J connectivity index is 1.09. The summed E-state index contributed by atoms with van der Waals surface area (Å²) in [5.41, 5.74) is 3.17. The Morgan fingerprint density at radius 3 is 2.97 bits per heavy atom. The zero-order chi connectivity index (χ0) is 23.5. The van der Waals surface area contributed by atoms with E-state index in [0.29, 0.717) is 40.2 Å². The number of amides is 2. The van der Waals surface area contributed by atoms with Gasteiger partial charge in [0.15, 0.2) is 11.5 Å². The van der Waals surface area contributed by atoms with Crippen LogP contribution in [0.3, 0.4) is 0 Å². The summed E-state index contributed by atoms with van der Waals surface area (Å²) in [5, 5.41) is 4.10. The first-order valence-corrected chi connectivity index (χ1v) is 12.3. The van der Waals surface area contributed by atoms with Gasteiger partial charge in [0.1, 0.15) is 4.32 Å². The number of H-pyrrole nitrogens is 1. The van der Waals surface area contributed by atoms with Gasteiger partial charge in [-0.05, 0) is 48.2 Å². The Labute approximate surface area is 206 Å². The van der Waals surface area contributed by atoms with Gasteiger partial charge in [-0.15, -0.1) is 0 Å². The number of ether oxygens (including phenoxy) is 2. The highest BCUT2D eigenvalue weighted by Gasteiger charge is 2.31. The van der Waals surface area contributed by atoms with Crippen molar-refractivity contribution in [3.05, 3.63) is 64.7 Å². The summed E-state index contributed by atoms with van der Waals surface area (Å²) < 4.78 is 11.2. The topological polar surface area (TPSA) is 83.7 Å². The number of nitrogens with zero attached hydrogens (tertiary/aromatic N) is 1. The normalized spacial score (nSPS) is 16.1. The number of para-hydroxylation sites is 1. The molecule has 2 aromatic carbocycles. The number of rotatable bonds is 8. The standard InChI is InChI=1S/C25H23N3O4S2/c29-23(7-3-4-17-14-27-19-6-2-1-5-18(17)19)26-10-11-28-24(30)22(34-25(28)33)13-16-8-9-20-21(12-16)32-15-31-20/h1-2,5-6,8-9,12-14,27H,3-4,7,10-11,15H2,(H,26,29)/b22-13+. The Morgan fingerprint density at radius 1 is 1.21 bits per heavy atom. The molecule has 1 saturated heterocycles. The molecule has 1 fully saturated rings. The molecule has 1 aromatic heterocycles. The summed E-state index contributed by atoms with van der Waals surface area (Å²) in [6.07, 6.45) is 5.82. The predicted molar refractivity (Wildman–Crippen MR) is 137 cm³/mol. The number of aromatic nitrogens is 1. The van der Waals surface area contributed by atoms with Crippen molar-refractivity contribution in [3.63, 3.8) is 0 Å². The van der Waals surface area contributed by atoms with Crippen molar-refractivity contribution in [1.82, 2.24) is 15.2 Å². The lowest BCUT2D eigenvalue weighted by Crippen LogP contribution is -2.37. The van der Waals surface area contributed by atoms with E-state index >= 15 is 0 Å². The second-order valence-corrected chi connectivity index (χ2v) is 9.68. The highest BCUT2D eigenvalue weighted by molar-refractivity contribution is 8.26. The van der Waals surface area contributed by atoms with E-state index in [1.54, 1.807) is 6.08 Å². The van der Waals surface area contributed by atoms with Crippen LogP contribution in [0.4, 0.5) is 0 Å². The van der Waals surface area contributed by atoms with Crippen LogP contribution in [0.2, 0.25) is 0 Å². The Bertz CT molecular complexity index is 1300. The van der Waals surface area contributed by atoms with E-state index in [1.807, 2.05) is 42.6 Å². The summed E-state index contributed by atoms with van der Waals surface area (Å²) in [6, 6.07) is 13.7. The average Bonchev–Trinajstić information content (AvgIpc) is 3.53. The number of carbonyl (C=O) groups excluding carboxylic acids is 2. The first-order chi connectivity index (χ1) is 16.6. The van der Waals surface area contributed by atoms with E-state index in [4.69, 9.17) is 21.7 Å². The van der Waals surface area contributed by atoms with Crippen LogP contribution in [0.1, 0.15) is 24.0 Å². The van der Waals surface area contributed by atoms with Crippen molar-refractivity contribution in [2.24, 2.45) is 0 Å². The van der Waals surface area contributed by atoms with Crippen LogP contribution < -0.4 is 14.8 Å². The predicted octanol–water partition coefficient (Wildman–Crippen LogP) is 4.24. The van der Waals surface area contributed by atoms with Gasteiger partial charge in [0.05, 0.1) is 4.91 Å². The quantitative estimate of drug-likeness (QED) is 0.361. The molecular weight excluding hydrogens is 470 g/mol. The van der Waals surface area contributed by atoms with Gasteiger partial charge >= 0.3 is 0 Å². The number of thiocarbonyl (C=S) groups is 1. The van der Waals surface area contributed by atoms with E-state index in [0.717, 1.165) is 23.9 Å². The molecule has 0 atom stereocenters. The second kappa shape index (κ2) is 9.90. The van der Waals surface area contributed by atoms with Crippen molar-refractivity contribution in [2.75, 3.05) is 19.9 Å². The van der Waals surface area contributed by atoms with E-state index in [1.165, 1.54) is 27.6 Å². The zero-order valence-electron chi connectivity index (χ0n) is 18.3. The van der Waals surface area contributed by atoms with Crippen LogP contribution in [0.25, 0.3) is 17.0 Å². The van der Waals surface area contributed by atoms with Gasteiger partial charge in [-0.2, -0.15) is 0 Å². The van der Waals surface area contributed by atoms with Gasteiger partial charge in [0.2, 0.25) is 12.7 Å². The number of hydrogen-bond donors (Lipinski definition) is 2. The van der Waals surface area contributed by atoms with E-state index in [9.17, 15) is 9.59 Å². The maximum Gasteiger partial charge on any atom is 0.266 e. The molecular formula is C25H23N3O4S2. The summed E-state index contributed by atoms with van der Waals surface area (Å²) >= 11 is 6.65. The Kier molecular flexibility index (Phi) is 6.55. The van der Waals surface area contributed by atoms with Gasteiger partial charge < -0.3 is 19.8 Å². The Morgan fingerprint density at radius 2 is 2.06 bits per heavy atom. The smallest absolute Gasteiger partial charge is 0.266 e. The minimum absolute atomic E-state index is 0.0267. The van der Waals surface area contributed by atoms with Crippen molar-refractivity contribution >= 4 is 57.1 Å². The monoisotopic (exact) mass is 493 g/mol. The number of aryl methyl sites for hydroxylation is 1. The molecule has 5 rings (SSSR count). The largest absolute Gasteiger partial charge is 0.454 e. The summed E-state index contributed by atoms with van der Waals surface area (Å²) in [5.74, 6) is 1.18. The second-order valence-electron chi connectivity index (χ2n) is 8.01. The molecule has 7 nitrogen and oxygen atoms in total. The lowest BCUT2D eigenvalue weighted by molar-refractivity contribution is -0.123. The number of benzene rings is 2. The molecule has 2 aliphatic rings. The van der Waals surface area contributed by atoms with Crippen molar-refractivity contribution in [3.8, 4) is 11.5 Å². The van der Waals surface area contributed by atoms with Crippen LogP contribution in [0, 0.1) is 0 Å². The lowest BCUT2D eigenvalue weighted by Gasteiger charge is -2.14. The average molecular weight is 494 g/mol. The lowest BCUT2D eigenvalue weighted by atomic mass is 10.1. The number of aromatic amines is 1. The third kappa shape index (κ3) is 4.80. The minimum atomic E-state index is -0.152. The molecule has 34 heavy (non-hydrogen) atoms. The molecule has 0 aliphatic carbocycles. The Hall–Kier alpha value is -3.30. The molecule has 2 N–H and O–H groups in total. The maximum absolute atomic E-state index is 12.8. The number of hydrogen-bond acceptors (Lipinski definition) is 6. The SMILES string of the molecule is O=C(CCCc1c[nH]c2ccccc12)NCCN1C(=O)/C(=C\c2ccc3c(c2)OCO3)SC1=S. The van der Waals surface area contributed by atoms with Crippen LogP contribution in [0.5, 0.6) is 11.5 Å². The number of fused-ring (bicyclic) bond motifs is 2. The molecule has 2 amide bonds. The number of carbonyl (C=O) groups is 2. The summed E-state index contributed by atoms with van der Waals surface area (Å²) in [6.45, 7) is 0.905. The molecule has 9 heteroatoms. The van der Waals surface area contributed by atoms with Crippen LogP contribution in [0.15, 0.2) is 53.6 Å². The zero-order valence-corrected chi connectivity index (χ0v) is 20.0. The fourth-order valence-electron chi connectivity index (χ4n) is 4.02. The molecule has 0 bridgehead atoms. The van der Waals surface area contributed by atoms with E-state index < -0.39 is 0 Å². The van der Waals surface area contributed by atoms with Gasteiger partial charge in [0, 0.05) is 36.6 Å². The van der Waals surface area contributed by atoms with E-state index in [-0.39, 0.29) is 18.6 Å². The van der Waals surface area contributed by atoms with Crippen LogP contribution >= 0.6 is 24.0 Å². The van der Waals surface area contributed by atoms with Gasteiger partial charge in [-0.3, -0.25) is 14.5 Å². The third-order valence-electron chi connectivity index (χ3n) is 5.75. The minimum Gasteiger partial charge on any atom is -0.454 e. The van der Waals surface area contributed by atoms with Gasteiger partial charge in [0.25, 0.3) is 5.91 Å². The molecule has 174 valence electrons. The first-order valence-electron chi connectivity index (χ1n) is 11.1. The van der Waals surface area contributed by atoms with Crippen molar-refractivity contribution in [2.45, 2.75) is 19.3 Å². The maximum atomic E-state index is 12.8. The van der Waals surface area contributed by atoms with E-state index in [2.05, 4.69) is 16.4 Å². The van der Waals surface area contributed by atoms with Gasteiger partial charge in [-0.25, -0.2) is 0 Å². The fraction of sp³-hybridized carbons (Fsp3) is 0.240. The van der Waals surface area contributed by atoms with Gasteiger partial charge in [-0.1, -0.05) is 48.2 Å². The third-order valence-corrected chi connectivity index (χ3v) is 7.13. The highest BCUT2D eigenvalue weighted by atomic mass is 32.2. The molecule has 2 aliphatic heterocycles. The highest BCUT2D eigenvalue weighted by Crippen LogP contribution is 2.36. The van der Waals surface area contributed by atoms with Crippen molar-refractivity contribution < 1.29 is 19.1 Å². The van der Waals surface area contributed by atoms with Crippen LogP contribution in [-0.4, -0.2) is 45.9 Å². The molecule has 0 saturated carbocycles. The molecule has 3 aromatic rings. The molecule has 0 spiro atoms. The fourth-order valence-corrected chi connectivity index (χ4v) is 5.33. The number of nitrogens with one attached hydrogen (secondary N) is 2. The molecule has 3 heterocycles. The molecule has 0 radical (unpaired) electrons. The van der Waals surface area contributed by atoms with Crippen LogP contribution in [-0.2, 0) is 16.0 Å². The number of thioether (sulfide) groups is 1. The summed E-state index contributed by atoms with van der Waals surface area (Å²) in [4.78, 5) is 30.4. The van der Waals surface area contributed by atoms with Crippen molar-refractivity contribution in [1.29, 1.82) is 0 Å². The molecule has 0 unspecified atom stereocenters. The first kappa shape index (κ1) is 22.5. The summed E-state index contributed by atoms with van der Waals surface area (Å²) in [7, 11) is 0.